The predicted molar refractivity (Wildman–Crippen MR) is 91.7 cm³/mol. The van der Waals surface area contributed by atoms with E-state index in [2.05, 4.69) is 33.0 Å². The number of hydrogen-bond acceptors (Lipinski definition) is 5. The number of nitrogens with zero attached hydrogens (tertiary/aromatic N) is 3. The van der Waals surface area contributed by atoms with Gasteiger partial charge in [0.15, 0.2) is 0 Å². The van der Waals surface area contributed by atoms with Gasteiger partial charge in [0, 0.05) is 39.5 Å². The van der Waals surface area contributed by atoms with Crippen molar-refractivity contribution < 1.29 is 9.47 Å². The molecule has 1 fully saturated rings. The fourth-order valence-corrected chi connectivity index (χ4v) is 3.92. The lowest BCUT2D eigenvalue weighted by atomic mass is 10.0. The maximum absolute atomic E-state index is 6.09. The molecule has 2 aromatic heterocycles. The van der Waals surface area contributed by atoms with Crippen molar-refractivity contribution in [1.82, 2.24) is 14.7 Å². The summed E-state index contributed by atoms with van der Waals surface area (Å²) >= 11 is 1.76. The second-order valence-corrected chi connectivity index (χ2v) is 6.87. The lowest BCUT2D eigenvalue weighted by molar-refractivity contribution is -0.00129. The van der Waals surface area contributed by atoms with Crippen molar-refractivity contribution in [2.24, 2.45) is 7.05 Å². The molecule has 126 valence electrons. The SMILES string of the molecule is COCCO[C@H]1CCN(Cc2ccsc2)[C@@H]1Cc1cnn(C)c1. The maximum atomic E-state index is 6.09. The van der Waals surface area contributed by atoms with Gasteiger partial charge in [-0.2, -0.15) is 16.4 Å². The summed E-state index contributed by atoms with van der Waals surface area (Å²) in [6.07, 6.45) is 6.40. The molecule has 2 aromatic rings. The van der Waals surface area contributed by atoms with Crippen LogP contribution in [0.3, 0.4) is 0 Å². The van der Waals surface area contributed by atoms with E-state index in [1.165, 1.54) is 11.1 Å². The molecule has 3 heterocycles. The molecule has 2 atom stereocenters. The average molecular weight is 335 g/mol. The van der Waals surface area contributed by atoms with Gasteiger partial charge in [0.05, 0.1) is 25.5 Å². The first-order valence-electron chi connectivity index (χ1n) is 8.09. The molecular formula is C17H25N3O2S. The molecule has 5 nitrogen and oxygen atoms in total. The van der Waals surface area contributed by atoms with Crippen molar-refractivity contribution in [3.8, 4) is 0 Å². The van der Waals surface area contributed by atoms with E-state index >= 15 is 0 Å². The number of rotatable bonds is 8. The Morgan fingerprint density at radius 3 is 2.96 bits per heavy atom. The normalized spacial score (nSPS) is 22.0. The van der Waals surface area contributed by atoms with Crippen molar-refractivity contribution in [3.63, 3.8) is 0 Å². The number of methoxy groups -OCH3 is 1. The summed E-state index contributed by atoms with van der Waals surface area (Å²) in [4.78, 5) is 2.55. The zero-order valence-electron chi connectivity index (χ0n) is 13.9. The minimum absolute atomic E-state index is 0.268. The van der Waals surface area contributed by atoms with Gasteiger partial charge in [0.1, 0.15) is 0 Å². The average Bonchev–Trinajstić information content (AvgIpc) is 3.26. The van der Waals surface area contributed by atoms with Crippen LogP contribution in [0.4, 0.5) is 0 Å². The Morgan fingerprint density at radius 2 is 2.26 bits per heavy atom. The molecule has 1 aliphatic rings. The van der Waals surface area contributed by atoms with Crippen LogP contribution in [0.1, 0.15) is 17.5 Å². The number of thiophene rings is 1. The molecule has 1 aliphatic heterocycles. The summed E-state index contributed by atoms with van der Waals surface area (Å²) < 4.78 is 13.1. The molecule has 0 saturated carbocycles. The Hall–Kier alpha value is -1.21. The Kier molecular flexibility index (Phi) is 5.83. The van der Waals surface area contributed by atoms with E-state index in [0.717, 1.165) is 25.9 Å². The second kappa shape index (κ2) is 8.06. The minimum atomic E-state index is 0.268. The highest BCUT2D eigenvalue weighted by molar-refractivity contribution is 7.07. The molecule has 0 aliphatic carbocycles. The molecule has 23 heavy (non-hydrogen) atoms. The van der Waals surface area contributed by atoms with Gasteiger partial charge in [-0.3, -0.25) is 9.58 Å². The number of likely N-dealkylation sites (tertiary alicyclic amines) is 1. The Bertz CT molecular complexity index is 584. The summed E-state index contributed by atoms with van der Waals surface area (Å²) in [7, 11) is 3.68. The first-order chi connectivity index (χ1) is 11.3. The van der Waals surface area contributed by atoms with Crippen molar-refractivity contribution >= 4 is 11.3 Å². The summed E-state index contributed by atoms with van der Waals surface area (Å²) in [6.45, 7) is 3.40. The molecule has 0 radical (unpaired) electrons. The lowest BCUT2D eigenvalue weighted by Gasteiger charge is -2.27. The second-order valence-electron chi connectivity index (χ2n) is 6.09. The third-order valence-electron chi connectivity index (χ3n) is 4.39. The molecule has 0 amide bonds. The van der Waals surface area contributed by atoms with Gasteiger partial charge in [-0.05, 0) is 40.8 Å². The van der Waals surface area contributed by atoms with Crippen LogP contribution in [0.2, 0.25) is 0 Å². The van der Waals surface area contributed by atoms with Crippen molar-refractivity contribution in [3.05, 3.63) is 40.3 Å². The third kappa shape index (κ3) is 4.41. The molecule has 0 N–H and O–H groups in total. The van der Waals surface area contributed by atoms with Crippen LogP contribution in [-0.4, -0.2) is 53.7 Å². The monoisotopic (exact) mass is 335 g/mol. The fraction of sp³-hybridized carbons (Fsp3) is 0.588. The van der Waals surface area contributed by atoms with Gasteiger partial charge in [0.2, 0.25) is 0 Å². The highest BCUT2D eigenvalue weighted by Crippen LogP contribution is 2.26. The Morgan fingerprint density at radius 1 is 1.35 bits per heavy atom. The van der Waals surface area contributed by atoms with Crippen molar-refractivity contribution in [2.45, 2.75) is 31.5 Å². The topological polar surface area (TPSA) is 39.5 Å². The van der Waals surface area contributed by atoms with Crippen LogP contribution >= 0.6 is 11.3 Å². The minimum Gasteiger partial charge on any atom is -0.382 e. The van der Waals surface area contributed by atoms with Crippen LogP contribution in [0.25, 0.3) is 0 Å². The number of ether oxygens (including phenoxy) is 2. The van der Waals surface area contributed by atoms with E-state index in [1.807, 2.05) is 17.9 Å². The van der Waals surface area contributed by atoms with Gasteiger partial charge < -0.3 is 9.47 Å². The summed E-state index contributed by atoms with van der Waals surface area (Å²) in [6, 6.07) is 2.61. The standard InChI is InChI=1S/C17H25N3O2S/c1-19-11-15(10-18-19)9-16-17(22-7-6-21-2)3-5-20(16)12-14-4-8-23-13-14/h4,8,10-11,13,16-17H,3,5-7,9,12H2,1-2H3/t16-,17+/m1/s1. The van der Waals surface area contributed by atoms with Gasteiger partial charge in [-0.15, -0.1) is 0 Å². The van der Waals surface area contributed by atoms with Gasteiger partial charge in [-0.25, -0.2) is 0 Å². The number of aromatic nitrogens is 2. The van der Waals surface area contributed by atoms with Crippen LogP contribution < -0.4 is 0 Å². The highest BCUT2D eigenvalue weighted by atomic mass is 32.1. The Labute approximate surface area is 141 Å². The Balaban J connectivity index is 1.67. The zero-order chi connectivity index (χ0) is 16.1. The van der Waals surface area contributed by atoms with Crippen LogP contribution in [0.15, 0.2) is 29.2 Å². The fourth-order valence-electron chi connectivity index (χ4n) is 3.26. The quantitative estimate of drug-likeness (QED) is 0.694. The van der Waals surface area contributed by atoms with Crippen molar-refractivity contribution in [1.29, 1.82) is 0 Å². The summed E-state index contributed by atoms with van der Waals surface area (Å²) in [5.74, 6) is 0. The van der Waals surface area contributed by atoms with Crippen molar-refractivity contribution in [2.75, 3.05) is 26.9 Å². The van der Waals surface area contributed by atoms with E-state index in [9.17, 15) is 0 Å². The van der Waals surface area contributed by atoms with E-state index in [4.69, 9.17) is 9.47 Å². The highest BCUT2D eigenvalue weighted by Gasteiger charge is 2.35. The van der Waals surface area contributed by atoms with Gasteiger partial charge in [0.25, 0.3) is 0 Å². The number of hydrogen-bond donors (Lipinski definition) is 0. The molecular weight excluding hydrogens is 310 g/mol. The molecule has 6 heteroatoms. The van der Waals surface area contributed by atoms with Gasteiger partial charge in [-0.1, -0.05) is 0 Å². The molecule has 1 saturated heterocycles. The lowest BCUT2D eigenvalue weighted by Crippen LogP contribution is -2.38. The molecule has 0 spiro atoms. The van der Waals surface area contributed by atoms with Crippen LogP contribution in [0.5, 0.6) is 0 Å². The third-order valence-corrected chi connectivity index (χ3v) is 5.12. The molecule has 0 unspecified atom stereocenters. The summed E-state index contributed by atoms with van der Waals surface area (Å²) in [5.41, 5.74) is 2.67. The van der Waals surface area contributed by atoms with E-state index in [-0.39, 0.29) is 6.10 Å². The van der Waals surface area contributed by atoms with Gasteiger partial charge >= 0.3 is 0 Å². The van der Waals surface area contributed by atoms with E-state index in [1.54, 1.807) is 18.4 Å². The largest absolute Gasteiger partial charge is 0.382 e. The smallest absolute Gasteiger partial charge is 0.0746 e. The predicted octanol–water partition coefficient (Wildman–Crippen LogP) is 2.33. The first kappa shape index (κ1) is 16.6. The molecule has 0 aromatic carbocycles. The molecule has 3 rings (SSSR count). The van der Waals surface area contributed by atoms with E-state index < -0.39 is 0 Å². The van der Waals surface area contributed by atoms with E-state index in [0.29, 0.717) is 19.3 Å². The summed E-state index contributed by atoms with van der Waals surface area (Å²) in [5, 5.41) is 8.68. The van der Waals surface area contributed by atoms with Crippen LogP contribution in [0, 0.1) is 0 Å². The zero-order valence-corrected chi connectivity index (χ0v) is 14.7. The number of aryl methyl sites for hydroxylation is 1. The molecule has 0 bridgehead atoms. The van der Waals surface area contributed by atoms with Crippen LogP contribution in [-0.2, 0) is 29.5 Å². The maximum Gasteiger partial charge on any atom is 0.0746 e. The first-order valence-corrected chi connectivity index (χ1v) is 9.03.